The van der Waals surface area contributed by atoms with Gasteiger partial charge in [0.2, 0.25) is 0 Å². The van der Waals surface area contributed by atoms with Crippen LogP contribution in [-0.4, -0.2) is 54.0 Å². The molecule has 1 saturated heterocycles. The van der Waals surface area contributed by atoms with Crippen molar-refractivity contribution in [3.63, 3.8) is 0 Å². The highest BCUT2D eigenvalue weighted by molar-refractivity contribution is 7.14. The Kier molecular flexibility index (Phi) is 4.26. The molecule has 1 aromatic heterocycles. The standard InChI is InChI=1S/C15H19N5OS/c1-19-6-8-20(9-7-19)15(21)18-14-17-13(10-22-14)11-2-4-12(16)5-3-11/h2-5,10H,6-9,16H2,1H3,(H,17,18,21). The van der Waals surface area contributed by atoms with Gasteiger partial charge in [0.05, 0.1) is 5.69 Å². The van der Waals surface area contributed by atoms with Crippen LogP contribution < -0.4 is 11.1 Å². The molecular formula is C15H19N5OS. The summed E-state index contributed by atoms with van der Waals surface area (Å²) in [5.41, 5.74) is 8.25. The van der Waals surface area contributed by atoms with E-state index in [1.807, 2.05) is 34.5 Å². The SMILES string of the molecule is CN1CCN(C(=O)Nc2nc(-c3ccc(N)cc3)cs2)CC1. The molecule has 1 aromatic carbocycles. The monoisotopic (exact) mass is 317 g/mol. The first kappa shape index (κ1) is 14.8. The lowest BCUT2D eigenvalue weighted by molar-refractivity contribution is 0.164. The minimum absolute atomic E-state index is 0.0775. The van der Waals surface area contributed by atoms with Crippen LogP contribution in [0.3, 0.4) is 0 Å². The van der Waals surface area contributed by atoms with Crippen molar-refractivity contribution in [2.24, 2.45) is 0 Å². The number of anilines is 2. The van der Waals surface area contributed by atoms with E-state index in [0.29, 0.717) is 5.13 Å². The van der Waals surface area contributed by atoms with Crippen molar-refractivity contribution >= 4 is 28.2 Å². The number of hydrogen-bond acceptors (Lipinski definition) is 5. The summed E-state index contributed by atoms with van der Waals surface area (Å²) in [5.74, 6) is 0. The summed E-state index contributed by atoms with van der Waals surface area (Å²) in [6.07, 6.45) is 0. The van der Waals surface area contributed by atoms with Crippen molar-refractivity contribution in [1.29, 1.82) is 0 Å². The first-order valence-corrected chi connectivity index (χ1v) is 8.06. The number of carbonyl (C=O) groups is 1. The number of urea groups is 1. The van der Waals surface area contributed by atoms with Crippen molar-refractivity contribution in [3.05, 3.63) is 29.6 Å². The Morgan fingerprint density at radius 3 is 2.59 bits per heavy atom. The number of aromatic nitrogens is 1. The van der Waals surface area contributed by atoms with Crippen molar-refractivity contribution in [3.8, 4) is 11.3 Å². The number of carbonyl (C=O) groups excluding carboxylic acids is 1. The first-order chi connectivity index (χ1) is 10.6. The average Bonchev–Trinajstić information content (AvgIpc) is 2.97. The van der Waals surface area contributed by atoms with Crippen LogP contribution in [0, 0.1) is 0 Å². The summed E-state index contributed by atoms with van der Waals surface area (Å²) >= 11 is 1.43. The van der Waals surface area contributed by atoms with Crippen molar-refractivity contribution in [1.82, 2.24) is 14.8 Å². The molecule has 0 unspecified atom stereocenters. The molecule has 2 amide bonds. The number of nitrogens with zero attached hydrogens (tertiary/aromatic N) is 3. The molecule has 1 fully saturated rings. The Balaban J connectivity index is 1.64. The van der Waals surface area contributed by atoms with Crippen LogP contribution in [-0.2, 0) is 0 Å². The van der Waals surface area contributed by atoms with Gasteiger partial charge < -0.3 is 15.5 Å². The van der Waals surface area contributed by atoms with Gasteiger partial charge in [-0.2, -0.15) is 0 Å². The molecule has 0 bridgehead atoms. The van der Waals surface area contributed by atoms with Crippen LogP contribution in [0.2, 0.25) is 0 Å². The third-order valence-corrected chi connectivity index (χ3v) is 4.47. The maximum atomic E-state index is 12.2. The normalized spacial score (nSPS) is 15.8. The highest BCUT2D eigenvalue weighted by atomic mass is 32.1. The largest absolute Gasteiger partial charge is 0.399 e. The highest BCUT2D eigenvalue weighted by Crippen LogP contribution is 2.25. The number of nitrogens with two attached hydrogens (primary N) is 1. The predicted octanol–water partition coefficient (Wildman–Crippen LogP) is 2.17. The minimum atomic E-state index is -0.0775. The van der Waals surface area contributed by atoms with Gasteiger partial charge in [-0.1, -0.05) is 12.1 Å². The third kappa shape index (κ3) is 3.37. The molecule has 22 heavy (non-hydrogen) atoms. The summed E-state index contributed by atoms with van der Waals surface area (Å²) in [6.45, 7) is 3.31. The molecule has 0 radical (unpaired) electrons. The Hall–Kier alpha value is -2.12. The van der Waals surface area contributed by atoms with Gasteiger partial charge in [0.1, 0.15) is 0 Å². The Morgan fingerprint density at radius 2 is 1.91 bits per heavy atom. The number of benzene rings is 1. The zero-order chi connectivity index (χ0) is 15.5. The molecule has 2 aromatic rings. The first-order valence-electron chi connectivity index (χ1n) is 7.18. The second kappa shape index (κ2) is 6.33. The summed E-state index contributed by atoms with van der Waals surface area (Å²) in [6, 6.07) is 7.47. The highest BCUT2D eigenvalue weighted by Gasteiger charge is 2.19. The molecule has 116 valence electrons. The number of piperazine rings is 1. The lowest BCUT2D eigenvalue weighted by Gasteiger charge is -2.32. The minimum Gasteiger partial charge on any atom is -0.399 e. The molecular weight excluding hydrogens is 298 g/mol. The average molecular weight is 317 g/mol. The van der Waals surface area contributed by atoms with E-state index in [4.69, 9.17) is 5.73 Å². The number of hydrogen-bond donors (Lipinski definition) is 2. The molecule has 7 heteroatoms. The molecule has 6 nitrogen and oxygen atoms in total. The zero-order valence-electron chi connectivity index (χ0n) is 12.5. The maximum absolute atomic E-state index is 12.2. The predicted molar refractivity (Wildman–Crippen MR) is 90.1 cm³/mol. The van der Waals surface area contributed by atoms with E-state index in [1.165, 1.54) is 11.3 Å². The molecule has 0 atom stereocenters. The quantitative estimate of drug-likeness (QED) is 0.833. The zero-order valence-corrected chi connectivity index (χ0v) is 13.3. The maximum Gasteiger partial charge on any atom is 0.323 e. The molecule has 0 spiro atoms. The molecule has 3 N–H and O–H groups in total. The van der Waals surface area contributed by atoms with E-state index >= 15 is 0 Å². The Bertz CT molecular complexity index is 646. The summed E-state index contributed by atoms with van der Waals surface area (Å²) in [7, 11) is 2.06. The third-order valence-electron chi connectivity index (χ3n) is 3.71. The van der Waals surface area contributed by atoms with Gasteiger partial charge in [-0.3, -0.25) is 5.32 Å². The van der Waals surface area contributed by atoms with Gasteiger partial charge in [0.25, 0.3) is 0 Å². The van der Waals surface area contributed by atoms with Crippen LogP contribution in [0.1, 0.15) is 0 Å². The van der Waals surface area contributed by atoms with E-state index in [0.717, 1.165) is 43.1 Å². The van der Waals surface area contributed by atoms with Crippen LogP contribution in [0.25, 0.3) is 11.3 Å². The molecule has 3 rings (SSSR count). The van der Waals surface area contributed by atoms with Crippen LogP contribution in [0.5, 0.6) is 0 Å². The second-order valence-electron chi connectivity index (χ2n) is 5.38. The fourth-order valence-electron chi connectivity index (χ4n) is 2.30. The van der Waals surface area contributed by atoms with E-state index in [2.05, 4.69) is 22.2 Å². The van der Waals surface area contributed by atoms with Gasteiger partial charge in [-0.25, -0.2) is 9.78 Å². The number of amides is 2. The van der Waals surface area contributed by atoms with Gasteiger partial charge in [-0.15, -0.1) is 11.3 Å². The second-order valence-corrected chi connectivity index (χ2v) is 6.24. The van der Waals surface area contributed by atoms with E-state index in [1.54, 1.807) is 0 Å². The molecule has 0 saturated carbocycles. The van der Waals surface area contributed by atoms with Crippen molar-refractivity contribution in [2.45, 2.75) is 0 Å². The lowest BCUT2D eigenvalue weighted by Crippen LogP contribution is -2.48. The van der Waals surface area contributed by atoms with E-state index in [-0.39, 0.29) is 6.03 Å². The molecule has 1 aliphatic heterocycles. The number of rotatable bonds is 2. The number of nitrogen functional groups attached to an aromatic ring is 1. The number of likely N-dealkylation sites (N-methyl/N-ethyl adjacent to an activating group) is 1. The van der Waals surface area contributed by atoms with Crippen molar-refractivity contribution in [2.75, 3.05) is 44.3 Å². The fraction of sp³-hybridized carbons (Fsp3) is 0.333. The van der Waals surface area contributed by atoms with Crippen LogP contribution in [0.15, 0.2) is 29.6 Å². The van der Waals surface area contributed by atoms with Gasteiger partial charge in [-0.05, 0) is 19.2 Å². The van der Waals surface area contributed by atoms with Crippen LogP contribution in [0.4, 0.5) is 15.6 Å². The lowest BCUT2D eigenvalue weighted by atomic mass is 10.1. The van der Waals surface area contributed by atoms with Gasteiger partial charge in [0, 0.05) is 42.8 Å². The van der Waals surface area contributed by atoms with Gasteiger partial charge >= 0.3 is 6.03 Å². The van der Waals surface area contributed by atoms with E-state index < -0.39 is 0 Å². The van der Waals surface area contributed by atoms with Crippen molar-refractivity contribution < 1.29 is 4.79 Å². The molecule has 0 aliphatic carbocycles. The summed E-state index contributed by atoms with van der Waals surface area (Å²) in [5, 5.41) is 5.44. The molecule has 2 heterocycles. The molecule has 1 aliphatic rings. The topological polar surface area (TPSA) is 74.5 Å². The van der Waals surface area contributed by atoms with Crippen LogP contribution >= 0.6 is 11.3 Å². The summed E-state index contributed by atoms with van der Waals surface area (Å²) < 4.78 is 0. The Labute approximate surface area is 133 Å². The fourth-order valence-corrected chi connectivity index (χ4v) is 3.01. The number of nitrogens with one attached hydrogen (secondary N) is 1. The summed E-state index contributed by atoms with van der Waals surface area (Å²) in [4.78, 5) is 20.7. The Morgan fingerprint density at radius 1 is 1.23 bits per heavy atom. The van der Waals surface area contributed by atoms with E-state index in [9.17, 15) is 4.79 Å². The smallest absolute Gasteiger partial charge is 0.323 e. The van der Waals surface area contributed by atoms with Gasteiger partial charge in [0.15, 0.2) is 5.13 Å². The number of thiazole rings is 1.